The quantitative estimate of drug-likeness (QED) is 0.299. The van der Waals surface area contributed by atoms with E-state index in [0.29, 0.717) is 12.2 Å². The number of azide groups is 1. The van der Waals surface area contributed by atoms with E-state index in [1.165, 1.54) is 0 Å². The van der Waals surface area contributed by atoms with Gasteiger partial charge in [0.15, 0.2) is 0 Å². The van der Waals surface area contributed by atoms with E-state index >= 15 is 0 Å². The zero-order valence-electron chi connectivity index (χ0n) is 6.94. The molecule has 0 aliphatic carbocycles. The molecule has 4 heteroatoms. The van der Waals surface area contributed by atoms with Crippen LogP contribution in [0, 0.1) is 11.8 Å². The van der Waals surface area contributed by atoms with Crippen molar-refractivity contribution in [3.63, 3.8) is 0 Å². The maximum Gasteiger partial charge on any atom is 0.0555 e. The number of rotatable bonds is 1. The maximum atomic E-state index is 8.19. The molecule has 0 aliphatic rings. The average molecular weight is 172 g/mol. The molecule has 13 heavy (non-hydrogen) atoms. The first-order valence-corrected chi connectivity index (χ1v) is 3.71. The highest BCUT2D eigenvalue weighted by Crippen LogP contribution is 2.12. The Balaban J connectivity index is 2.98. The van der Waals surface area contributed by atoms with Gasteiger partial charge in [-0.05, 0) is 17.7 Å². The van der Waals surface area contributed by atoms with Gasteiger partial charge >= 0.3 is 0 Å². The number of hydrogen-bond donors (Lipinski definition) is 1. The molecular weight excluding hydrogens is 164 g/mol. The lowest BCUT2D eigenvalue weighted by Gasteiger charge is -1.91. The first-order valence-electron chi connectivity index (χ1n) is 3.71. The van der Waals surface area contributed by atoms with Crippen molar-refractivity contribution in [1.82, 2.24) is 0 Å². The summed E-state index contributed by atoms with van der Waals surface area (Å²) in [5, 5.41) is 3.46. The zero-order chi connectivity index (χ0) is 9.52. The van der Waals surface area contributed by atoms with Crippen molar-refractivity contribution in [2.45, 2.75) is 0 Å². The second-order valence-corrected chi connectivity index (χ2v) is 2.25. The molecule has 0 aliphatic heterocycles. The van der Waals surface area contributed by atoms with E-state index < -0.39 is 0 Å². The van der Waals surface area contributed by atoms with E-state index in [-0.39, 0.29) is 0 Å². The Morgan fingerprint density at radius 1 is 1.54 bits per heavy atom. The Morgan fingerprint density at radius 3 is 3.08 bits per heavy atom. The molecule has 0 unspecified atom stereocenters. The second-order valence-electron chi connectivity index (χ2n) is 2.25. The van der Waals surface area contributed by atoms with Gasteiger partial charge < -0.3 is 5.73 Å². The van der Waals surface area contributed by atoms with Crippen LogP contribution in [0.2, 0.25) is 0 Å². The summed E-state index contributed by atoms with van der Waals surface area (Å²) in [6.07, 6.45) is 0. The van der Waals surface area contributed by atoms with Crippen LogP contribution in [0.15, 0.2) is 29.4 Å². The third kappa shape index (κ3) is 2.88. The Morgan fingerprint density at radius 2 is 2.38 bits per heavy atom. The van der Waals surface area contributed by atoms with E-state index in [4.69, 9.17) is 11.3 Å². The molecule has 0 saturated heterocycles. The van der Waals surface area contributed by atoms with Gasteiger partial charge in [-0.25, -0.2) is 0 Å². The van der Waals surface area contributed by atoms with E-state index in [9.17, 15) is 0 Å². The van der Waals surface area contributed by atoms with E-state index in [0.717, 1.165) is 5.56 Å². The standard InChI is InChI=1S/C9H8N4/c10-6-2-4-8-3-1-5-9(7-8)12-13-11/h1,3,5,7H,6,10H2. The third-order valence-corrected chi connectivity index (χ3v) is 1.34. The molecule has 0 spiro atoms. The van der Waals surface area contributed by atoms with Crippen molar-refractivity contribution in [2.75, 3.05) is 6.54 Å². The van der Waals surface area contributed by atoms with Crippen LogP contribution in [0.25, 0.3) is 10.4 Å². The van der Waals surface area contributed by atoms with Crippen molar-refractivity contribution in [3.8, 4) is 11.8 Å². The van der Waals surface area contributed by atoms with Crippen molar-refractivity contribution in [2.24, 2.45) is 10.8 Å². The zero-order valence-corrected chi connectivity index (χ0v) is 6.94. The predicted octanol–water partition coefficient (Wildman–Crippen LogP) is 1.94. The molecule has 2 N–H and O–H groups in total. The van der Waals surface area contributed by atoms with Crippen LogP contribution in [0.5, 0.6) is 0 Å². The highest BCUT2D eigenvalue weighted by atomic mass is 15.1. The van der Waals surface area contributed by atoms with Gasteiger partial charge in [0.25, 0.3) is 0 Å². The molecule has 4 nitrogen and oxygen atoms in total. The molecule has 0 heterocycles. The number of nitrogens with zero attached hydrogens (tertiary/aromatic N) is 3. The van der Waals surface area contributed by atoms with Crippen molar-refractivity contribution < 1.29 is 0 Å². The largest absolute Gasteiger partial charge is 0.320 e. The van der Waals surface area contributed by atoms with Gasteiger partial charge in [-0.1, -0.05) is 29.1 Å². The van der Waals surface area contributed by atoms with Crippen molar-refractivity contribution >= 4 is 5.69 Å². The van der Waals surface area contributed by atoms with Crippen LogP contribution in [0.1, 0.15) is 5.56 Å². The Kier molecular flexibility index (Phi) is 3.40. The lowest BCUT2D eigenvalue weighted by Crippen LogP contribution is -1.92. The topological polar surface area (TPSA) is 74.8 Å². The van der Waals surface area contributed by atoms with Gasteiger partial charge in [-0.15, -0.1) is 0 Å². The number of hydrogen-bond acceptors (Lipinski definition) is 2. The van der Waals surface area contributed by atoms with Crippen LogP contribution in [-0.4, -0.2) is 6.54 Å². The van der Waals surface area contributed by atoms with E-state index in [1.54, 1.807) is 18.2 Å². The normalized spacial score (nSPS) is 8.08. The number of benzene rings is 1. The Hall–Kier alpha value is -1.95. The second kappa shape index (κ2) is 4.83. The first-order chi connectivity index (χ1) is 6.36. The summed E-state index contributed by atoms with van der Waals surface area (Å²) in [6, 6.07) is 7.04. The van der Waals surface area contributed by atoms with Crippen molar-refractivity contribution in [3.05, 3.63) is 40.3 Å². The minimum atomic E-state index is 0.325. The molecule has 64 valence electrons. The minimum Gasteiger partial charge on any atom is -0.320 e. The summed E-state index contributed by atoms with van der Waals surface area (Å²) in [7, 11) is 0. The van der Waals surface area contributed by atoms with Crippen LogP contribution in [-0.2, 0) is 0 Å². The Bertz CT molecular complexity index is 394. The lowest BCUT2D eigenvalue weighted by molar-refractivity contribution is 1.30. The van der Waals surface area contributed by atoms with Gasteiger partial charge in [0.1, 0.15) is 0 Å². The fraction of sp³-hybridized carbons (Fsp3) is 0.111. The fourth-order valence-corrected chi connectivity index (χ4v) is 0.851. The smallest absolute Gasteiger partial charge is 0.0555 e. The van der Waals surface area contributed by atoms with Gasteiger partial charge in [0.2, 0.25) is 0 Å². The molecule has 0 bridgehead atoms. The van der Waals surface area contributed by atoms with Crippen LogP contribution in [0.4, 0.5) is 5.69 Å². The van der Waals surface area contributed by atoms with Crippen LogP contribution < -0.4 is 5.73 Å². The maximum absolute atomic E-state index is 8.19. The molecule has 0 fully saturated rings. The molecule has 1 aromatic carbocycles. The summed E-state index contributed by atoms with van der Waals surface area (Å²) < 4.78 is 0. The van der Waals surface area contributed by atoms with Crippen LogP contribution >= 0.6 is 0 Å². The first kappa shape index (κ1) is 9.14. The predicted molar refractivity (Wildman–Crippen MR) is 51.2 cm³/mol. The average Bonchev–Trinajstić information content (AvgIpc) is 2.16. The highest BCUT2D eigenvalue weighted by Gasteiger charge is 1.88. The summed E-state index contributed by atoms with van der Waals surface area (Å²) in [4.78, 5) is 2.68. The molecule has 0 saturated carbocycles. The molecule has 0 atom stereocenters. The van der Waals surface area contributed by atoms with Gasteiger partial charge in [0.05, 0.1) is 6.54 Å². The third-order valence-electron chi connectivity index (χ3n) is 1.34. The summed E-state index contributed by atoms with van der Waals surface area (Å²) in [5.74, 6) is 5.56. The molecule has 1 aromatic rings. The summed E-state index contributed by atoms with van der Waals surface area (Å²) in [5.41, 5.74) is 14.8. The van der Waals surface area contributed by atoms with Gasteiger partial charge in [-0.2, -0.15) is 0 Å². The number of nitrogens with two attached hydrogens (primary N) is 1. The molecular formula is C9H8N4. The lowest BCUT2D eigenvalue weighted by atomic mass is 10.2. The summed E-state index contributed by atoms with van der Waals surface area (Å²) >= 11 is 0. The minimum absolute atomic E-state index is 0.325. The van der Waals surface area contributed by atoms with Crippen LogP contribution in [0.3, 0.4) is 0 Å². The molecule has 0 amide bonds. The fourth-order valence-electron chi connectivity index (χ4n) is 0.851. The molecule has 1 rings (SSSR count). The highest BCUT2D eigenvalue weighted by molar-refractivity contribution is 5.46. The summed E-state index contributed by atoms with van der Waals surface area (Å²) in [6.45, 7) is 0.325. The Labute approximate surface area is 76.0 Å². The van der Waals surface area contributed by atoms with E-state index in [1.807, 2.05) is 6.07 Å². The molecule has 0 aromatic heterocycles. The molecule has 0 radical (unpaired) electrons. The van der Waals surface area contributed by atoms with Crippen molar-refractivity contribution in [1.29, 1.82) is 0 Å². The SMILES string of the molecule is [N-]=[N+]=Nc1cccc(C#CCN)c1. The van der Waals surface area contributed by atoms with Gasteiger partial charge in [-0.3, -0.25) is 0 Å². The van der Waals surface area contributed by atoms with E-state index in [2.05, 4.69) is 21.9 Å². The van der Waals surface area contributed by atoms with Gasteiger partial charge in [0, 0.05) is 16.2 Å². The monoisotopic (exact) mass is 172 g/mol.